The third kappa shape index (κ3) is 3.49. The van der Waals surface area contributed by atoms with Crippen LogP contribution in [0, 0.1) is 5.92 Å². The van der Waals surface area contributed by atoms with Crippen LogP contribution in [0.4, 0.5) is 0 Å². The van der Waals surface area contributed by atoms with Gasteiger partial charge in [-0.05, 0) is 25.3 Å². The second-order valence-corrected chi connectivity index (χ2v) is 11.5. The van der Waals surface area contributed by atoms with Crippen molar-refractivity contribution in [2.45, 2.75) is 57.1 Å². The van der Waals surface area contributed by atoms with E-state index in [4.69, 9.17) is 30.9 Å². The Labute approximate surface area is 234 Å². The van der Waals surface area contributed by atoms with Crippen molar-refractivity contribution < 1.29 is 23.8 Å². The second kappa shape index (κ2) is 9.42. The van der Waals surface area contributed by atoms with E-state index in [1.54, 1.807) is 6.07 Å². The minimum Gasteiger partial charge on any atom is -0.496 e. The lowest BCUT2D eigenvalue weighted by Crippen LogP contribution is -2.56. The predicted octanol–water partition coefficient (Wildman–Crippen LogP) is 6.88. The fourth-order valence-corrected chi connectivity index (χ4v) is 7.02. The van der Waals surface area contributed by atoms with E-state index in [9.17, 15) is 9.59 Å². The van der Waals surface area contributed by atoms with E-state index in [0.717, 1.165) is 41.4 Å². The average molecular weight is 600 g/mol. The first-order valence-corrected chi connectivity index (χ1v) is 14.1. The summed E-state index contributed by atoms with van der Waals surface area (Å²) in [5.74, 6) is -0.618. The summed E-state index contributed by atoms with van der Waals surface area (Å²) >= 11 is 10.3. The molecule has 0 amide bonds. The highest BCUT2D eigenvalue weighted by Gasteiger charge is 2.63. The van der Waals surface area contributed by atoms with E-state index >= 15 is 0 Å². The topological polar surface area (TPSA) is 79.7 Å². The molecule has 0 bridgehead atoms. The third-order valence-electron chi connectivity index (χ3n) is 8.21. The monoisotopic (exact) mass is 598 g/mol. The number of Topliss-reactive ketones (excluding diaryl/α,β-unsaturated/α-hetero) is 2. The van der Waals surface area contributed by atoms with Crippen LogP contribution in [0.25, 0.3) is 11.3 Å². The Morgan fingerprint density at radius 3 is 2.42 bits per heavy atom. The maximum absolute atomic E-state index is 14.7. The Morgan fingerprint density at radius 1 is 1.05 bits per heavy atom. The van der Waals surface area contributed by atoms with Crippen molar-refractivity contribution in [3.63, 3.8) is 0 Å². The first-order chi connectivity index (χ1) is 18.3. The van der Waals surface area contributed by atoms with Crippen LogP contribution >= 0.6 is 27.5 Å². The molecule has 1 aromatic heterocycles. The molecule has 0 unspecified atom stereocenters. The lowest BCUT2D eigenvalue weighted by atomic mass is 9.70. The maximum Gasteiger partial charge on any atom is 0.237 e. The number of ketones is 2. The van der Waals surface area contributed by atoms with Crippen molar-refractivity contribution in [3.05, 3.63) is 56.6 Å². The molecule has 3 aliphatic rings. The number of methoxy groups -OCH3 is 2. The van der Waals surface area contributed by atoms with Gasteiger partial charge in [-0.25, -0.2) is 0 Å². The van der Waals surface area contributed by atoms with Crippen LogP contribution in [-0.2, 0) is 6.42 Å². The molecule has 7 nitrogen and oxygen atoms in total. The Bertz CT molecular complexity index is 1480. The van der Waals surface area contributed by atoms with Gasteiger partial charge in [-0.15, -0.1) is 0 Å². The zero-order valence-corrected chi connectivity index (χ0v) is 23.8. The molecule has 2 heterocycles. The van der Waals surface area contributed by atoms with Gasteiger partial charge in [0.05, 0.1) is 37.2 Å². The summed E-state index contributed by atoms with van der Waals surface area (Å²) in [5, 5.41) is 5.18. The zero-order valence-electron chi connectivity index (χ0n) is 21.5. The largest absolute Gasteiger partial charge is 0.496 e. The highest BCUT2D eigenvalue weighted by molar-refractivity contribution is 9.10. The highest BCUT2D eigenvalue weighted by atomic mass is 79.9. The van der Waals surface area contributed by atoms with Crippen LogP contribution in [0.15, 0.2) is 34.8 Å². The van der Waals surface area contributed by atoms with Gasteiger partial charge in [0.1, 0.15) is 22.1 Å². The lowest BCUT2D eigenvalue weighted by Gasteiger charge is -2.35. The molecule has 0 N–H and O–H groups in total. The van der Waals surface area contributed by atoms with Gasteiger partial charge in [0.25, 0.3) is 0 Å². The Balaban J connectivity index is 1.57. The summed E-state index contributed by atoms with van der Waals surface area (Å²) < 4.78 is 20.2. The molecule has 1 spiro atoms. The van der Waals surface area contributed by atoms with Crippen LogP contribution in [0.3, 0.4) is 0 Å². The smallest absolute Gasteiger partial charge is 0.237 e. The van der Waals surface area contributed by atoms with Crippen molar-refractivity contribution >= 4 is 39.1 Å². The van der Waals surface area contributed by atoms with Crippen molar-refractivity contribution in [1.29, 1.82) is 0 Å². The van der Waals surface area contributed by atoms with E-state index in [1.807, 2.05) is 35.9 Å². The normalized spacial score (nSPS) is 22.8. The van der Waals surface area contributed by atoms with Crippen molar-refractivity contribution in [2.24, 2.45) is 5.92 Å². The molecule has 1 fully saturated rings. The number of halogens is 2. The molecule has 2 atom stereocenters. The first-order valence-electron chi connectivity index (χ1n) is 12.9. The van der Waals surface area contributed by atoms with Crippen molar-refractivity contribution in [1.82, 2.24) is 9.78 Å². The molecule has 6 rings (SSSR count). The van der Waals surface area contributed by atoms with Gasteiger partial charge in [-0.1, -0.05) is 71.9 Å². The molecule has 2 aromatic carbocycles. The fourth-order valence-electron chi connectivity index (χ4n) is 6.28. The van der Waals surface area contributed by atoms with E-state index in [2.05, 4.69) is 15.9 Å². The second-order valence-electron chi connectivity index (χ2n) is 10.3. The first kappa shape index (κ1) is 25.4. The summed E-state index contributed by atoms with van der Waals surface area (Å²) in [5.41, 5.74) is 1.15. The van der Waals surface area contributed by atoms with E-state index in [0.29, 0.717) is 23.4 Å². The zero-order chi connectivity index (χ0) is 26.8. The molecule has 38 heavy (non-hydrogen) atoms. The summed E-state index contributed by atoms with van der Waals surface area (Å²) in [6.07, 6.45) is 5.86. The van der Waals surface area contributed by atoms with Gasteiger partial charge < -0.3 is 14.2 Å². The maximum atomic E-state index is 14.7. The van der Waals surface area contributed by atoms with E-state index < -0.39 is 23.1 Å². The van der Waals surface area contributed by atoms with E-state index in [1.165, 1.54) is 20.6 Å². The quantitative estimate of drug-likeness (QED) is 0.304. The van der Waals surface area contributed by atoms with Crippen LogP contribution in [-0.4, -0.2) is 41.2 Å². The number of carbonyl (C=O) groups is 2. The lowest BCUT2D eigenvalue weighted by molar-refractivity contribution is 0.0259. The number of aromatic nitrogens is 2. The van der Waals surface area contributed by atoms with Crippen molar-refractivity contribution in [3.8, 4) is 28.5 Å². The molecule has 3 aromatic rings. The number of ether oxygens (including phenoxy) is 3. The SMILES string of the molecule is COc1cc(OC)c2c(c1Cl)O[C@]1(C2=O)C(=O)c2c(nn(C3CCCCC3)c2-c2ccccc2Br)C[C@H]1C. The molecular formula is C29H28BrClN2O5. The van der Waals surface area contributed by atoms with Gasteiger partial charge in [0, 0.05) is 22.0 Å². The summed E-state index contributed by atoms with van der Waals surface area (Å²) in [7, 11) is 2.94. The average Bonchev–Trinajstić information content (AvgIpc) is 3.46. The molecule has 0 saturated heterocycles. The summed E-state index contributed by atoms with van der Waals surface area (Å²) in [6, 6.07) is 9.56. The van der Waals surface area contributed by atoms with Crippen LogP contribution in [0.1, 0.15) is 71.5 Å². The molecule has 9 heteroatoms. The molecule has 1 saturated carbocycles. The minimum absolute atomic E-state index is 0.124. The Kier molecular flexibility index (Phi) is 6.30. The number of hydrogen-bond acceptors (Lipinski definition) is 6. The third-order valence-corrected chi connectivity index (χ3v) is 9.26. The van der Waals surface area contributed by atoms with Crippen molar-refractivity contribution in [2.75, 3.05) is 14.2 Å². The number of rotatable bonds is 4. The summed E-state index contributed by atoms with van der Waals surface area (Å²) in [4.78, 5) is 28.9. The van der Waals surface area contributed by atoms with E-state index in [-0.39, 0.29) is 28.1 Å². The minimum atomic E-state index is -1.77. The highest BCUT2D eigenvalue weighted by Crippen LogP contribution is 2.54. The van der Waals surface area contributed by atoms with Crippen LogP contribution in [0.5, 0.6) is 17.2 Å². The number of benzene rings is 2. The van der Waals surface area contributed by atoms with Gasteiger partial charge in [0.15, 0.2) is 5.75 Å². The number of carbonyl (C=O) groups excluding carboxylic acids is 2. The van der Waals surface area contributed by atoms with Gasteiger partial charge in [0.2, 0.25) is 17.2 Å². The Morgan fingerprint density at radius 2 is 1.74 bits per heavy atom. The molecule has 0 radical (unpaired) electrons. The number of fused-ring (bicyclic) bond motifs is 2. The Hall–Kier alpha value is -2.84. The van der Waals surface area contributed by atoms with Gasteiger partial charge in [-0.2, -0.15) is 5.10 Å². The molecular weight excluding hydrogens is 572 g/mol. The van der Waals surface area contributed by atoms with Crippen LogP contribution in [0.2, 0.25) is 5.02 Å². The van der Waals surface area contributed by atoms with Gasteiger partial charge in [-0.3, -0.25) is 14.3 Å². The molecule has 2 aliphatic carbocycles. The van der Waals surface area contributed by atoms with Crippen LogP contribution < -0.4 is 14.2 Å². The molecule has 1 aliphatic heterocycles. The standard InChI is InChI=1S/C29H28BrClN2O5/c1-15-13-19-22(25(17-11-7-8-12-18(17)30)33(32-19)16-9-5-4-6-10-16)27(34)29(15)28(35)23-20(36-2)14-21(37-3)24(31)26(23)38-29/h7-8,11-12,14-16H,4-6,9-10,13H2,1-3H3/t15-,29+/m1/s1. The number of hydrogen-bond donors (Lipinski definition) is 0. The number of nitrogens with zero attached hydrogens (tertiary/aromatic N) is 2. The van der Waals surface area contributed by atoms with Gasteiger partial charge >= 0.3 is 0 Å². The predicted molar refractivity (Wildman–Crippen MR) is 147 cm³/mol. The summed E-state index contributed by atoms with van der Waals surface area (Å²) in [6.45, 7) is 1.86. The fraction of sp³-hybridized carbons (Fsp3) is 0.414. The molecule has 198 valence electrons.